The molecule has 0 amide bonds. The summed E-state index contributed by atoms with van der Waals surface area (Å²) in [6, 6.07) is 14.5. The Labute approximate surface area is 123 Å². The maximum atomic E-state index is 12.5. The molecule has 0 aliphatic rings. The number of ketones is 1. The first-order valence-electron chi connectivity index (χ1n) is 6.30. The molecular formula is C17H14ClNO. The Morgan fingerprint density at radius 1 is 1.15 bits per heavy atom. The molecule has 2 aromatic carbocycles. The molecule has 0 fully saturated rings. The molecule has 1 unspecified atom stereocenters. The van der Waals surface area contributed by atoms with Gasteiger partial charge < -0.3 is 0 Å². The molecule has 0 aliphatic carbocycles. The molecule has 2 aromatic rings. The molecule has 0 N–H and O–H groups in total. The van der Waals surface area contributed by atoms with Gasteiger partial charge in [0.25, 0.3) is 0 Å². The smallest absolute Gasteiger partial charge is 0.184 e. The van der Waals surface area contributed by atoms with E-state index in [1.807, 2.05) is 26.0 Å². The van der Waals surface area contributed by atoms with Gasteiger partial charge in [-0.2, -0.15) is 5.26 Å². The highest BCUT2D eigenvalue weighted by molar-refractivity contribution is 6.31. The Morgan fingerprint density at radius 2 is 1.85 bits per heavy atom. The Morgan fingerprint density at radius 3 is 2.45 bits per heavy atom. The summed E-state index contributed by atoms with van der Waals surface area (Å²) in [6.07, 6.45) is 0. The highest BCUT2D eigenvalue weighted by atomic mass is 35.5. The van der Waals surface area contributed by atoms with Gasteiger partial charge in [0.15, 0.2) is 5.78 Å². The second kappa shape index (κ2) is 5.90. The molecule has 0 heterocycles. The van der Waals surface area contributed by atoms with E-state index in [0.717, 1.165) is 11.1 Å². The summed E-state index contributed by atoms with van der Waals surface area (Å²) in [5.74, 6) is -1.09. The van der Waals surface area contributed by atoms with E-state index >= 15 is 0 Å². The third kappa shape index (κ3) is 2.74. The van der Waals surface area contributed by atoms with Crippen molar-refractivity contribution in [2.75, 3.05) is 0 Å². The molecule has 3 heteroatoms. The van der Waals surface area contributed by atoms with Crippen molar-refractivity contribution in [3.63, 3.8) is 0 Å². The number of rotatable bonds is 3. The topological polar surface area (TPSA) is 40.9 Å². The van der Waals surface area contributed by atoms with Crippen molar-refractivity contribution >= 4 is 17.4 Å². The molecule has 2 nitrogen and oxygen atoms in total. The molecule has 1 atom stereocenters. The first-order chi connectivity index (χ1) is 9.54. The monoisotopic (exact) mass is 283 g/mol. The lowest BCUT2D eigenvalue weighted by Crippen LogP contribution is -2.12. The third-order valence-corrected chi connectivity index (χ3v) is 3.74. The summed E-state index contributed by atoms with van der Waals surface area (Å²) < 4.78 is 0. The lowest BCUT2D eigenvalue weighted by atomic mass is 9.90. The number of benzene rings is 2. The number of nitriles is 1. The van der Waals surface area contributed by atoms with Crippen molar-refractivity contribution in [1.29, 1.82) is 5.26 Å². The minimum absolute atomic E-state index is 0.219. The molecule has 2 rings (SSSR count). The number of nitrogens with zero attached hydrogens (tertiary/aromatic N) is 1. The van der Waals surface area contributed by atoms with Crippen LogP contribution in [0.2, 0.25) is 5.02 Å². The number of carbonyl (C=O) groups excluding carboxylic acids is 1. The molecule has 0 saturated carbocycles. The average molecular weight is 284 g/mol. The Kier molecular flexibility index (Phi) is 4.22. The van der Waals surface area contributed by atoms with Crippen molar-refractivity contribution in [1.82, 2.24) is 0 Å². The Bertz CT molecular complexity index is 700. The summed E-state index contributed by atoms with van der Waals surface area (Å²) in [5, 5.41) is 9.77. The number of hydrogen-bond donors (Lipinski definition) is 0. The lowest BCUT2D eigenvalue weighted by Gasteiger charge is -2.11. The first-order valence-corrected chi connectivity index (χ1v) is 6.68. The van der Waals surface area contributed by atoms with Crippen LogP contribution in [-0.4, -0.2) is 5.78 Å². The SMILES string of the molecule is Cc1ccc(C(=O)C(C#N)c2ccccc2Cl)cc1C. The first kappa shape index (κ1) is 14.3. The van der Waals surface area contributed by atoms with Crippen molar-refractivity contribution in [3.8, 4) is 6.07 Å². The van der Waals surface area contributed by atoms with E-state index in [-0.39, 0.29) is 5.78 Å². The van der Waals surface area contributed by atoms with Crippen LogP contribution >= 0.6 is 11.6 Å². The van der Waals surface area contributed by atoms with Gasteiger partial charge in [0.2, 0.25) is 0 Å². The van der Waals surface area contributed by atoms with Gasteiger partial charge >= 0.3 is 0 Å². The van der Waals surface area contributed by atoms with Crippen LogP contribution in [0.5, 0.6) is 0 Å². The molecule has 20 heavy (non-hydrogen) atoms. The van der Waals surface area contributed by atoms with E-state index in [4.69, 9.17) is 11.6 Å². The number of halogens is 1. The fraction of sp³-hybridized carbons (Fsp3) is 0.176. The maximum Gasteiger partial charge on any atom is 0.184 e. The molecule has 0 spiro atoms. The van der Waals surface area contributed by atoms with Crippen LogP contribution in [0, 0.1) is 25.2 Å². The Balaban J connectivity index is 2.42. The highest BCUT2D eigenvalue weighted by Crippen LogP contribution is 2.27. The van der Waals surface area contributed by atoms with Gasteiger partial charge in [0, 0.05) is 10.6 Å². The van der Waals surface area contributed by atoms with Crippen LogP contribution in [0.1, 0.15) is 33.0 Å². The van der Waals surface area contributed by atoms with Gasteiger partial charge in [-0.1, -0.05) is 41.9 Å². The van der Waals surface area contributed by atoms with E-state index in [1.54, 1.807) is 30.3 Å². The largest absolute Gasteiger partial charge is 0.292 e. The zero-order valence-corrected chi connectivity index (χ0v) is 12.1. The predicted molar refractivity (Wildman–Crippen MR) is 80.1 cm³/mol. The predicted octanol–water partition coefficient (Wildman–Crippen LogP) is 4.45. The van der Waals surface area contributed by atoms with Crippen LogP contribution < -0.4 is 0 Å². The molecule has 0 bridgehead atoms. The molecule has 0 saturated heterocycles. The second-order valence-electron chi connectivity index (χ2n) is 4.75. The molecular weight excluding hydrogens is 270 g/mol. The zero-order chi connectivity index (χ0) is 14.7. The van der Waals surface area contributed by atoms with Crippen molar-refractivity contribution in [3.05, 3.63) is 69.7 Å². The van der Waals surface area contributed by atoms with Gasteiger partial charge in [-0.05, 0) is 42.7 Å². The Hall–Kier alpha value is -2.11. The molecule has 0 aliphatic heterocycles. The minimum atomic E-state index is -0.870. The third-order valence-electron chi connectivity index (χ3n) is 3.40. The van der Waals surface area contributed by atoms with E-state index < -0.39 is 5.92 Å². The summed E-state index contributed by atoms with van der Waals surface area (Å²) in [5.41, 5.74) is 3.25. The van der Waals surface area contributed by atoms with Gasteiger partial charge in [0.1, 0.15) is 5.92 Å². The molecule has 0 aromatic heterocycles. The maximum absolute atomic E-state index is 12.5. The molecule has 0 radical (unpaired) electrons. The van der Waals surface area contributed by atoms with E-state index in [2.05, 4.69) is 6.07 Å². The quantitative estimate of drug-likeness (QED) is 0.781. The summed E-state index contributed by atoms with van der Waals surface area (Å²) in [7, 11) is 0. The van der Waals surface area contributed by atoms with Crippen LogP contribution in [0.3, 0.4) is 0 Å². The summed E-state index contributed by atoms with van der Waals surface area (Å²) >= 11 is 6.08. The van der Waals surface area contributed by atoms with Gasteiger partial charge in [-0.25, -0.2) is 0 Å². The van der Waals surface area contributed by atoms with Crippen LogP contribution in [-0.2, 0) is 0 Å². The van der Waals surface area contributed by atoms with Crippen LogP contribution in [0.15, 0.2) is 42.5 Å². The fourth-order valence-electron chi connectivity index (χ4n) is 2.04. The van der Waals surface area contributed by atoms with Crippen LogP contribution in [0.4, 0.5) is 0 Å². The van der Waals surface area contributed by atoms with Crippen molar-refractivity contribution < 1.29 is 4.79 Å². The molecule has 100 valence electrons. The second-order valence-corrected chi connectivity index (χ2v) is 5.15. The summed E-state index contributed by atoms with van der Waals surface area (Å²) in [6.45, 7) is 3.93. The van der Waals surface area contributed by atoms with Crippen LogP contribution in [0.25, 0.3) is 0 Å². The minimum Gasteiger partial charge on any atom is -0.292 e. The number of hydrogen-bond acceptors (Lipinski definition) is 2. The summed E-state index contributed by atoms with van der Waals surface area (Å²) in [4.78, 5) is 12.5. The van der Waals surface area contributed by atoms with Crippen molar-refractivity contribution in [2.24, 2.45) is 0 Å². The number of carbonyl (C=O) groups is 1. The lowest BCUT2D eigenvalue weighted by molar-refractivity contribution is 0.0979. The zero-order valence-electron chi connectivity index (χ0n) is 11.4. The normalized spacial score (nSPS) is 11.7. The average Bonchev–Trinajstić information content (AvgIpc) is 2.44. The van der Waals surface area contributed by atoms with E-state index in [0.29, 0.717) is 16.1 Å². The van der Waals surface area contributed by atoms with E-state index in [9.17, 15) is 10.1 Å². The standard InChI is InChI=1S/C17H14ClNO/c1-11-7-8-13(9-12(11)2)17(20)15(10-19)14-5-3-4-6-16(14)18/h3-9,15H,1-2H3. The van der Waals surface area contributed by atoms with Gasteiger partial charge in [-0.15, -0.1) is 0 Å². The number of aryl methyl sites for hydroxylation is 2. The number of Topliss-reactive ketones (excluding diaryl/α,β-unsaturated/α-hetero) is 1. The van der Waals surface area contributed by atoms with Crippen molar-refractivity contribution in [2.45, 2.75) is 19.8 Å². The van der Waals surface area contributed by atoms with Gasteiger partial charge in [0.05, 0.1) is 6.07 Å². The van der Waals surface area contributed by atoms with Gasteiger partial charge in [-0.3, -0.25) is 4.79 Å². The highest BCUT2D eigenvalue weighted by Gasteiger charge is 2.23. The van der Waals surface area contributed by atoms with E-state index in [1.165, 1.54) is 0 Å². The fourth-order valence-corrected chi connectivity index (χ4v) is 2.28.